The normalized spacial score (nSPS) is 25.2. The first-order valence-electron chi connectivity index (χ1n) is 7.41. The SMILES string of the molecule is COC(=O)C1CCCN(CC2Cc3cc(Cl)ccc3O2)C1. The third kappa shape index (κ3) is 3.33. The molecular weight excluding hydrogens is 290 g/mol. The summed E-state index contributed by atoms with van der Waals surface area (Å²) in [5, 5.41) is 0.752. The summed E-state index contributed by atoms with van der Waals surface area (Å²) in [6.45, 7) is 2.63. The summed E-state index contributed by atoms with van der Waals surface area (Å²) in [5.41, 5.74) is 1.18. The van der Waals surface area contributed by atoms with Crippen LogP contribution in [0.1, 0.15) is 18.4 Å². The number of nitrogens with zero attached hydrogens (tertiary/aromatic N) is 1. The molecule has 21 heavy (non-hydrogen) atoms. The van der Waals surface area contributed by atoms with E-state index in [0.29, 0.717) is 0 Å². The lowest BCUT2D eigenvalue weighted by molar-refractivity contribution is -0.147. The molecule has 0 N–H and O–H groups in total. The van der Waals surface area contributed by atoms with Crippen molar-refractivity contribution in [1.82, 2.24) is 4.90 Å². The van der Waals surface area contributed by atoms with Crippen LogP contribution in [-0.2, 0) is 16.0 Å². The van der Waals surface area contributed by atoms with Gasteiger partial charge in [0.05, 0.1) is 13.0 Å². The van der Waals surface area contributed by atoms with Crippen molar-refractivity contribution in [3.05, 3.63) is 28.8 Å². The van der Waals surface area contributed by atoms with E-state index in [2.05, 4.69) is 4.90 Å². The quantitative estimate of drug-likeness (QED) is 0.804. The fourth-order valence-corrected chi connectivity index (χ4v) is 3.45. The Bertz CT molecular complexity index is 534. The topological polar surface area (TPSA) is 38.8 Å². The number of esters is 1. The van der Waals surface area contributed by atoms with Gasteiger partial charge in [0, 0.05) is 24.5 Å². The molecule has 0 amide bonds. The van der Waals surface area contributed by atoms with E-state index in [9.17, 15) is 4.79 Å². The number of ether oxygens (including phenoxy) is 2. The molecule has 1 fully saturated rings. The van der Waals surface area contributed by atoms with Crippen molar-refractivity contribution in [3.8, 4) is 5.75 Å². The van der Waals surface area contributed by atoms with E-state index < -0.39 is 0 Å². The van der Waals surface area contributed by atoms with Crippen molar-refractivity contribution in [2.24, 2.45) is 5.92 Å². The predicted octanol–water partition coefficient (Wildman–Crippen LogP) is 2.53. The average Bonchev–Trinajstić information content (AvgIpc) is 2.88. The number of rotatable bonds is 3. The molecule has 2 unspecified atom stereocenters. The van der Waals surface area contributed by atoms with E-state index in [1.54, 1.807) is 0 Å². The van der Waals surface area contributed by atoms with Gasteiger partial charge in [0.1, 0.15) is 11.9 Å². The molecule has 0 bridgehead atoms. The van der Waals surface area contributed by atoms with Crippen LogP contribution >= 0.6 is 11.6 Å². The zero-order valence-corrected chi connectivity index (χ0v) is 12.9. The van der Waals surface area contributed by atoms with Crippen molar-refractivity contribution in [2.45, 2.75) is 25.4 Å². The number of carbonyl (C=O) groups excluding carboxylic acids is 1. The lowest BCUT2D eigenvalue weighted by atomic mass is 9.97. The number of benzene rings is 1. The molecule has 4 nitrogen and oxygen atoms in total. The predicted molar refractivity (Wildman–Crippen MR) is 80.8 cm³/mol. The van der Waals surface area contributed by atoms with Crippen LogP contribution in [0.25, 0.3) is 0 Å². The minimum Gasteiger partial charge on any atom is -0.488 e. The van der Waals surface area contributed by atoms with Gasteiger partial charge in [0.15, 0.2) is 0 Å². The van der Waals surface area contributed by atoms with Gasteiger partial charge in [-0.05, 0) is 43.1 Å². The zero-order chi connectivity index (χ0) is 14.8. The number of likely N-dealkylation sites (tertiary alicyclic amines) is 1. The van der Waals surface area contributed by atoms with Crippen molar-refractivity contribution in [3.63, 3.8) is 0 Å². The number of halogens is 1. The summed E-state index contributed by atoms with van der Waals surface area (Å²) in [6.07, 6.45) is 2.99. The van der Waals surface area contributed by atoms with Crippen LogP contribution in [0.4, 0.5) is 0 Å². The number of methoxy groups -OCH3 is 1. The monoisotopic (exact) mass is 309 g/mol. The van der Waals surface area contributed by atoms with E-state index in [1.165, 1.54) is 12.7 Å². The Morgan fingerprint density at radius 2 is 2.38 bits per heavy atom. The Labute approximate surface area is 130 Å². The van der Waals surface area contributed by atoms with Gasteiger partial charge in [-0.25, -0.2) is 0 Å². The lowest BCUT2D eigenvalue weighted by Crippen LogP contribution is -2.43. The number of hydrogen-bond acceptors (Lipinski definition) is 4. The van der Waals surface area contributed by atoms with Crippen LogP contribution < -0.4 is 4.74 Å². The Morgan fingerprint density at radius 3 is 3.19 bits per heavy atom. The summed E-state index contributed by atoms with van der Waals surface area (Å²) in [4.78, 5) is 14.0. The molecule has 2 heterocycles. The van der Waals surface area contributed by atoms with Gasteiger partial charge in [0.2, 0.25) is 0 Å². The van der Waals surface area contributed by atoms with E-state index in [1.807, 2.05) is 18.2 Å². The molecule has 5 heteroatoms. The van der Waals surface area contributed by atoms with Crippen molar-refractivity contribution >= 4 is 17.6 Å². The highest BCUT2D eigenvalue weighted by Gasteiger charge is 2.30. The van der Waals surface area contributed by atoms with Gasteiger partial charge < -0.3 is 9.47 Å². The maximum Gasteiger partial charge on any atom is 0.309 e. The molecule has 1 saturated heterocycles. The molecule has 1 aromatic carbocycles. The molecule has 0 spiro atoms. The third-order valence-corrected chi connectivity index (χ3v) is 4.50. The van der Waals surface area contributed by atoms with Crippen LogP contribution in [-0.4, -0.2) is 43.7 Å². The summed E-state index contributed by atoms with van der Waals surface area (Å²) < 4.78 is 10.8. The minimum absolute atomic E-state index is 0.00183. The van der Waals surface area contributed by atoms with Crippen LogP contribution in [0.3, 0.4) is 0 Å². The van der Waals surface area contributed by atoms with E-state index in [0.717, 1.165) is 49.7 Å². The first kappa shape index (κ1) is 14.7. The first-order valence-corrected chi connectivity index (χ1v) is 7.79. The average molecular weight is 310 g/mol. The zero-order valence-electron chi connectivity index (χ0n) is 12.2. The van der Waals surface area contributed by atoms with Crippen molar-refractivity contribution in [1.29, 1.82) is 0 Å². The Hall–Kier alpha value is -1.26. The Balaban J connectivity index is 1.57. The van der Waals surface area contributed by atoms with E-state index >= 15 is 0 Å². The molecular formula is C16H20ClNO3. The lowest BCUT2D eigenvalue weighted by Gasteiger charge is -2.32. The Kier molecular flexibility index (Phi) is 4.36. The highest BCUT2D eigenvalue weighted by Crippen LogP contribution is 2.31. The Morgan fingerprint density at radius 1 is 1.52 bits per heavy atom. The number of carbonyl (C=O) groups is 1. The molecule has 2 aliphatic rings. The number of fused-ring (bicyclic) bond motifs is 1. The fraction of sp³-hybridized carbons (Fsp3) is 0.562. The van der Waals surface area contributed by atoms with Gasteiger partial charge in [-0.2, -0.15) is 0 Å². The highest BCUT2D eigenvalue weighted by molar-refractivity contribution is 6.30. The third-order valence-electron chi connectivity index (χ3n) is 4.27. The molecule has 114 valence electrons. The van der Waals surface area contributed by atoms with Gasteiger partial charge in [-0.1, -0.05) is 11.6 Å². The van der Waals surface area contributed by atoms with Crippen LogP contribution in [0.5, 0.6) is 5.75 Å². The second kappa shape index (κ2) is 6.24. The largest absolute Gasteiger partial charge is 0.488 e. The smallest absolute Gasteiger partial charge is 0.309 e. The second-order valence-corrected chi connectivity index (χ2v) is 6.25. The molecule has 1 aromatic rings. The first-order chi connectivity index (χ1) is 10.2. The van der Waals surface area contributed by atoms with Gasteiger partial charge in [-0.3, -0.25) is 9.69 Å². The van der Waals surface area contributed by atoms with Crippen LogP contribution in [0.15, 0.2) is 18.2 Å². The molecule has 2 aliphatic heterocycles. The molecule has 3 rings (SSSR count). The van der Waals surface area contributed by atoms with Crippen molar-refractivity contribution in [2.75, 3.05) is 26.7 Å². The minimum atomic E-state index is -0.0953. The summed E-state index contributed by atoms with van der Waals surface area (Å²) in [6, 6.07) is 5.77. The van der Waals surface area contributed by atoms with Crippen LogP contribution in [0.2, 0.25) is 5.02 Å². The van der Waals surface area contributed by atoms with Crippen LogP contribution in [0, 0.1) is 5.92 Å². The van der Waals surface area contributed by atoms with Gasteiger partial charge in [0.25, 0.3) is 0 Å². The molecule has 0 radical (unpaired) electrons. The summed E-state index contributed by atoms with van der Waals surface area (Å²) >= 11 is 6.02. The fourth-order valence-electron chi connectivity index (χ4n) is 3.26. The van der Waals surface area contributed by atoms with Crippen molar-refractivity contribution < 1.29 is 14.3 Å². The van der Waals surface area contributed by atoms with Gasteiger partial charge in [-0.15, -0.1) is 0 Å². The molecule has 2 atom stereocenters. The molecule has 0 saturated carbocycles. The van der Waals surface area contributed by atoms with E-state index in [4.69, 9.17) is 21.1 Å². The number of hydrogen-bond donors (Lipinski definition) is 0. The second-order valence-electron chi connectivity index (χ2n) is 5.82. The standard InChI is InChI=1S/C16H20ClNO3/c1-20-16(19)11-3-2-6-18(9-11)10-14-8-12-7-13(17)4-5-15(12)21-14/h4-5,7,11,14H,2-3,6,8-10H2,1H3. The van der Waals surface area contributed by atoms with E-state index in [-0.39, 0.29) is 18.0 Å². The highest BCUT2D eigenvalue weighted by atomic mass is 35.5. The van der Waals surface area contributed by atoms with Gasteiger partial charge >= 0.3 is 5.97 Å². The summed E-state index contributed by atoms with van der Waals surface area (Å²) in [5.74, 6) is 0.843. The maximum absolute atomic E-state index is 11.7. The number of piperidine rings is 1. The molecule has 0 aromatic heterocycles. The summed E-state index contributed by atoms with van der Waals surface area (Å²) in [7, 11) is 1.46. The maximum atomic E-state index is 11.7. The molecule has 0 aliphatic carbocycles.